The highest BCUT2D eigenvalue weighted by Gasteiger charge is 2.43. The summed E-state index contributed by atoms with van der Waals surface area (Å²) in [4.78, 5) is 1.75. The van der Waals surface area contributed by atoms with E-state index in [2.05, 4.69) is 61.1 Å². The Bertz CT molecular complexity index is 916. The molecule has 0 spiro atoms. The largest absolute Gasteiger partial charge is 1.00 e. The summed E-state index contributed by atoms with van der Waals surface area (Å²) < 4.78 is 1.21. The van der Waals surface area contributed by atoms with Crippen molar-refractivity contribution in [2.24, 2.45) is 0 Å². The normalized spacial score (nSPS) is 12.7. The van der Waals surface area contributed by atoms with Crippen molar-refractivity contribution in [1.29, 1.82) is 0 Å². The first kappa shape index (κ1) is 76.8. The lowest BCUT2D eigenvalue weighted by molar-refractivity contribution is -0.950. The minimum Gasteiger partial charge on any atom is -1.00 e. The lowest BCUT2D eigenvalue weighted by atomic mass is 9.86. The van der Waals surface area contributed by atoms with Gasteiger partial charge in [-0.25, -0.2) is 0 Å². The zero-order chi connectivity index (χ0) is 48.3. The molecule has 0 aliphatic heterocycles. The number of rotatable bonds is 57. The third-order valence-corrected chi connectivity index (χ3v) is 16.3. The van der Waals surface area contributed by atoms with Gasteiger partial charge in [-0.2, -0.15) is 0 Å². The summed E-state index contributed by atoms with van der Waals surface area (Å²) in [6, 6.07) is 0.723. The van der Waals surface area contributed by atoms with Gasteiger partial charge in [-0.15, -0.1) is 0 Å². The minimum atomic E-state index is 0. The number of hydrogen-bond donors (Lipinski definition) is 2. The first-order chi connectivity index (χ1) is 32.2. The Balaban J connectivity index is -0.00000704. The van der Waals surface area contributed by atoms with Crippen LogP contribution in [0.5, 0.6) is 0 Å². The van der Waals surface area contributed by atoms with E-state index in [9.17, 15) is 0 Å². The van der Waals surface area contributed by atoms with Crippen LogP contribution in [0.25, 0.3) is 0 Å². The van der Waals surface area contributed by atoms with E-state index in [1.54, 1.807) is 4.90 Å². The summed E-state index contributed by atoms with van der Waals surface area (Å²) >= 11 is 0. The molecule has 0 aromatic rings. The van der Waals surface area contributed by atoms with Crippen LogP contribution in [0.1, 0.15) is 349 Å². The van der Waals surface area contributed by atoms with Crippen molar-refractivity contribution < 1.29 is 65.6 Å². The van der Waals surface area contributed by atoms with Gasteiger partial charge in [0.1, 0.15) is 24.7 Å². The fraction of sp³-hybridized carbons (Fsp3) is 1.00. The first-order valence-corrected chi connectivity index (χ1v) is 31.7. The number of quaternary nitrogens is 3. The molecule has 69 heavy (non-hydrogen) atoms. The monoisotopic (exact) mass is 1170 g/mol. The van der Waals surface area contributed by atoms with E-state index >= 15 is 0 Å². The molecule has 0 aliphatic rings. The molecule has 0 aromatic heterocycles. The SMILES string of the molecule is CCCCCCCCCCCCCCCCCCC(C(C)(C)[NH2+]CC[NH+](C)CCCCCCCCCCCCCCCCCC)[N+](C)(C)CCCCCCCCCCCCCCCCCC.[Br-].[Br-].[Br-]. The van der Waals surface area contributed by atoms with Crippen molar-refractivity contribution >= 4 is 0 Å². The number of nitrogens with two attached hydrogens (primary N) is 1. The zero-order valence-electron chi connectivity index (χ0n) is 49.2. The van der Waals surface area contributed by atoms with Gasteiger partial charge in [0.05, 0.1) is 34.2 Å². The van der Waals surface area contributed by atoms with Gasteiger partial charge in [-0.05, 0) is 46.0 Å². The molecule has 0 heterocycles. The molecule has 422 valence electrons. The zero-order valence-corrected chi connectivity index (χ0v) is 54.0. The fourth-order valence-corrected chi connectivity index (χ4v) is 11.7. The molecule has 0 aromatic carbocycles. The van der Waals surface area contributed by atoms with E-state index in [0.717, 1.165) is 6.04 Å². The van der Waals surface area contributed by atoms with Crippen molar-refractivity contribution in [3.8, 4) is 0 Å². The van der Waals surface area contributed by atoms with Gasteiger partial charge in [0.25, 0.3) is 0 Å². The molecule has 0 bridgehead atoms. The maximum atomic E-state index is 2.79. The Morgan fingerprint density at radius 2 is 0.565 bits per heavy atom. The lowest BCUT2D eigenvalue weighted by Crippen LogP contribution is -3.13. The van der Waals surface area contributed by atoms with Crippen LogP contribution in [0.3, 0.4) is 0 Å². The quantitative estimate of drug-likeness (QED) is 0.0448. The van der Waals surface area contributed by atoms with Crippen LogP contribution in [0.15, 0.2) is 0 Å². The van der Waals surface area contributed by atoms with Crippen molar-refractivity contribution in [1.82, 2.24) is 0 Å². The van der Waals surface area contributed by atoms with E-state index in [1.165, 1.54) is 345 Å². The van der Waals surface area contributed by atoms with Crippen LogP contribution in [0, 0.1) is 0 Å². The lowest BCUT2D eigenvalue weighted by Gasteiger charge is -2.45. The molecule has 2 unspecified atom stereocenters. The highest BCUT2D eigenvalue weighted by Crippen LogP contribution is 2.25. The molecule has 0 rings (SSSR count). The molecule has 3 N–H and O–H groups in total. The third-order valence-electron chi connectivity index (χ3n) is 16.3. The predicted octanol–water partition coefficient (Wildman–Crippen LogP) is 9.47. The molecule has 0 saturated heterocycles. The van der Waals surface area contributed by atoms with Crippen molar-refractivity contribution in [2.45, 2.75) is 361 Å². The maximum absolute atomic E-state index is 2.79. The van der Waals surface area contributed by atoms with Gasteiger partial charge in [-0.1, -0.05) is 297 Å². The van der Waals surface area contributed by atoms with Crippen LogP contribution < -0.4 is 61.2 Å². The van der Waals surface area contributed by atoms with E-state index in [1.807, 2.05) is 0 Å². The minimum absolute atomic E-state index is 0. The predicted molar refractivity (Wildman–Crippen MR) is 302 cm³/mol. The van der Waals surface area contributed by atoms with E-state index < -0.39 is 0 Å². The summed E-state index contributed by atoms with van der Waals surface area (Å²) in [5.74, 6) is 0. The molecular formula is C63H134Br3N3. The highest BCUT2D eigenvalue weighted by molar-refractivity contribution is 4.78. The van der Waals surface area contributed by atoms with Crippen LogP contribution in [-0.4, -0.2) is 63.4 Å². The van der Waals surface area contributed by atoms with Crippen LogP contribution >= 0.6 is 0 Å². The number of halogens is 3. The first-order valence-electron chi connectivity index (χ1n) is 31.7. The molecule has 0 radical (unpaired) electrons. The van der Waals surface area contributed by atoms with E-state index in [-0.39, 0.29) is 56.5 Å². The number of likely N-dealkylation sites (N-methyl/N-ethyl adjacent to an activating group) is 2. The summed E-state index contributed by atoms with van der Waals surface area (Å²) in [5, 5.41) is 2.79. The molecule has 0 aliphatic carbocycles. The second-order valence-electron chi connectivity index (χ2n) is 24.0. The molecule has 0 fully saturated rings. The number of nitrogens with zero attached hydrogens (tertiary/aromatic N) is 1. The van der Waals surface area contributed by atoms with Gasteiger partial charge in [0.15, 0.2) is 0 Å². The topological polar surface area (TPSA) is 21.1 Å². The van der Waals surface area contributed by atoms with E-state index in [0.29, 0.717) is 0 Å². The Morgan fingerprint density at radius 1 is 0.333 bits per heavy atom. The third kappa shape index (κ3) is 55.4. The molecule has 0 saturated carbocycles. The average Bonchev–Trinajstić information content (AvgIpc) is 3.29. The second-order valence-corrected chi connectivity index (χ2v) is 24.0. The molecule has 3 nitrogen and oxygen atoms in total. The Kier molecular flexibility index (Phi) is 67.0. The summed E-state index contributed by atoms with van der Waals surface area (Å²) in [5.41, 5.74) is 0.280. The maximum Gasteiger partial charge on any atom is 0.143 e. The fourth-order valence-electron chi connectivity index (χ4n) is 11.7. The molecule has 0 amide bonds. The van der Waals surface area contributed by atoms with Gasteiger partial charge >= 0.3 is 0 Å². The molecule has 6 heteroatoms. The Hall–Kier alpha value is 1.32. The Morgan fingerprint density at radius 3 is 0.841 bits per heavy atom. The van der Waals surface area contributed by atoms with Crippen molar-refractivity contribution in [3.05, 3.63) is 0 Å². The van der Waals surface area contributed by atoms with Crippen molar-refractivity contribution in [3.63, 3.8) is 0 Å². The van der Waals surface area contributed by atoms with Gasteiger partial charge in [0, 0.05) is 6.42 Å². The van der Waals surface area contributed by atoms with E-state index in [4.69, 9.17) is 0 Å². The Labute approximate surface area is 470 Å². The van der Waals surface area contributed by atoms with Crippen LogP contribution in [-0.2, 0) is 0 Å². The number of hydrogen-bond acceptors (Lipinski definition) is 0. The van der Waals surface area contributed by atoms with Crippen molar-refractivity contribution in [2.75, 3.05) is 47.3 Å². The van der Waals surface area contributed by atoms with Gasteiger partial charge < -0.3 is 65.6 Å². The summed E-state index contributed by atoms with van der Waals surface area (Å²) in [7, 11) is 7.68. The smallest absolute Gasteiger partial charge is 0.143 e. The van der Waals surface area contributed by atoms with Gasteiger partial charge in [0.2, 0.25) is 0 Å². The highest BCUT2D eigenvalue weighted by atomic mass is 79.9. The van der Waals surface area contributed by atoms with Crippen LogP contribution in [0.2, 0.25) is 0 Å². The van der Waals surface area contributed by atoms with Crippen LogP contribution in [0.4, 0.5) is 0 Å². The second kappa shape index (κ2) is 60.2. The standard InChI is InChI=1S/C63H132N3.3BrH/c1-9-12-15-18-21-24-27-30-33-36-39-42-45-48-51-54-57-62(66(7,8)61-56-53-50-47-44-41-38-35-32-29-26-23-20-17-14-11-3)63(4,5)64-58-60-65(6)59-55-52-49-46-43-40-37-34-31-28-25-22-19-16-13-10-2;;;/h62,64H,9-61H2,1-8H3;3*1H/q+1;;;/p-1. The summed E-state index contributed by atoms with van der Waals surface area (Å²) in [6.45, 7) is 17.5. The average molecular weight is 1170 g/mol. The molecule has 2 atom stereocenters. The number of unbranched alkanes of at least 4 members (excludes halogenated alkanes) is 45. The molecular weight excluding hydrogens is 1040 g/mol. The number of nitrogens with one attached hydrogen (secondary N) is 1. The summed E-state index contributed by atoms with van der Waals surface area (Å²) in [6.07, 6.45) is 71.3. The van der Waals surface area contributed by atoms with Gasteiger partial charge in [-0.3, -0.25) is 0 Å².